The summed E-state index contributed by atoms with van der Waals surface area (Å²) in [6, 6.07) is 8.46. The minimum absolute atomic E-state index is 0.462. The largest absolute Gasteiger partial charge is 0.494 e. The number of hydrogen-bond donors (Lipinski definition) is 0. The van der Waals surface area contributed by atoms with Crippen LogP contribution >= 0.6 is 11.3 Å². The Kier molecular flexibility index (Phi) is 5.86. The average Bonchev–Trinajstić information content (AvgIpc) is 2.95. The van der Waals surface area contributed by atoms with E-state index < -0.39 is 0 Å². The zero-order chi connectivity index (χ0) is 16.8. The molecule has 1 fully saturated rings. The van der Waals surface area contributed by atoms with E-state index in [-0.39, 0.29) is 0 Å². The monoisotopic (exact) mass is 343 g/mol. The summed E-state index contributed by atoms with van der Waals surface area (Å²) < 4.78 is 7.43. The molecule has 128 valence electrons. The maximum Gasteiger partial charge on any atom is 0.206 e. The number of nitrogens with zero attached hydrogens (tertiary/aromatic N) is 3. The van der Waals surface area contributed by atoms with Crippen LogP contribution in [0.2, 0.25) is 0 Å². The van der Waals surface area contributed by atoms with Crippen molar-refractivity contribution in [3.05, 3.63) is 45.7 Å². The van der Waals surface area contributed by atoms with Crippen molar-refractivity contribution in [2.45, 2.75) is 52.0 Å². The SMILES string of the molecule is CCOc1ccc(C=Nn2c(C)csc2=NC2CCCCC2)cc1. The van der Waals surface area contributed by atoms with Gasteiger partial charge in [0.1, 0.15) is 5.75 Å². The first-order valence-corrected chi connectivity index (χ1v) is 9.62. The van der Waals surface area contributed by atoms with Crippen LogP contribution < -0.4 is 9.54 Å². The highest BCUT2D eigenvalue weighted by atomic mass is 32.1. The zero-order valence-electron chi connectivity index (χ0n) is 14.4. The van der Waals surface area contributed by atoms with Gasteiger partial charge in [-0.1, -0.05) is 19.3 Å². The molecule has 0 amide bonds. The number of benzene rings is 1. The second kappa shape index (κ2) is 8.29. The zero-order valence-corrected chi connectivity index (χ0v) is 15.3. The van der Waals surface area contributed by atoms with E-state index >= 15 is 0 Å². The number of hydrogen-bond acceptors (Lipinski definition) is 4. The molecule has 2 aromatic rings. The molecule has 4 nitrogen and oxygen atoms in total. The van der Waals surface area contributed by atoms with Crippen molar-refractivity contribution < 1.29 is 4.74 Å². The van der Waals surface area contributed by atoms with Crippen molar-refractivity contribution in [1.82, 2.24) is 4.68 Å². The third kappa shape index (κ3) is 4.35. The summed E-state index contributed by atoms with van der Waals surface area (Å²) >= 11 is 1.68. The van der Waals surface area contributed by atoms with Gasteiger partial charge in [0.15, 0.2) is 0 Å². The van der Waals surface area contributed by atoms with Gasteiger partial charge >= 0.3 is 0 Å². The Morgan fingerprint density at radius 2 is 1.96 bits per heavy atom. The number of aromatic nitrogens is 1. The van der Waals surface area contributed by atoms with Crippen LogP contribution in [0.5, 0.6) is 5.75 Å². The topological polar surface area (TPSA) is 38.9 Å². The molecule has 0 unspecified atom stereocenters. The summed E-state index contributed by atoms with van der Waals surface area (Å²) in [5.74, 6) is 0.891. The van der Waals surface area contributed by atoms with Crippen LogP contribution in [0.3, 0.4) is 0 Å². The Morgan fingerprint density at radius 3 is 2.67 bits per heavy atom. The van der Waals surface area contributed by atoms with Crippen molar-refractivity contribution in [2.24, 2.45) is 10.1 Å². The molecule has 1 saturated carbocycles. The van der Waals surface area contributed by atoms with Crippen LogP contribution in [0, 0.1) is 6.92 Å². The van der Waals surface area contributed by atoms with Gasteiger partial charge in [-0.05, 0) is 56.5 Å². The quantitative estimate of drug-likeness (QED) is 0.743. The smallest absolute Gasteiger partial charge is 0.206 e. The van der Waals surface area contributed by atoms with Crippen molar-refractivity contribution in [3.8, 4) is 5.75 Å². The van der Waals surface area contributed by atoms with E-state index in [1.165, 1.54) is 32.1 Å². The lowest BCUT2D eigenvalue weighted by Gasteiger charge is -2.16. The summed E-state index contributed by atoms with van der Waals surface area (Å²) in [4.78, 5) is 5.94. The van der Waals surface area contributed by atoms with Gasteiger partial charge in [-0.3, -0.25) is 4.99 Å². The van der Waals surface area contributed by atoms with E-state index in [1.807, 2.05) is 42.1 Å². The molecule has 1 aliphatic carbocycles. The first-order valence-electron chi connectivity index (χ1n) is 8.74. The molecule has 1 aromatic heterocycles. The Labute approximate surface area is 147 Å². The fourth-order valence-electron chi connectivity index (χ4n) is 2.92. The molecule has 1 aromatic carbocycles. The molecular formula is C19H25N3OS. The highest BCUT2D eigenvalue weighted by Gasteiger charge is 2.12. The molecule has 0 saturated heterocycles. The third-order valence-electron chi connectivity index (χ3n) is 4.23. The molecule has 0 bridgehead atoms. The van der Waals surface area contributed by atoms with Crippen molar-refractivity contribution in [1.29, 1.82) is 0 Å². The van der Waals surface area contributed by atoms with Crippen molar-refractivity contribution >= 4 is 17.6 Å². The first kappa shape index (κ1) is 17.0. The van der Waals surface area contributed by atoms with Crippen LogP contribution in [-0.4, -0.2) is 23.5 Å². The van der Waals surface area contributed by atoms with E-state index in [0.29, 0.717) is 12.6 Å². The molecule has 0 N–H and O–H groups in total. The Bertz CT molecular complexity index is 737. The predicted molar refractivity (Wildman–Crippen MR) is 100 cm³/mol. The van der Waals surface area contributed by atoms with Crippen molar-refractivity contribution in [2.75, 3.05) is 6.61 Å². The van der Waals surface area contributed by atoms with Gasteiger partial charge in [0, 0.05) is 5.38 Å². The van der Waals surface area contributed by atoms with Crippen LogP contribution in [0.15, 0.2) is 39.7 Å². The van der Waals surface area contributed by atoms with E-state index in [9.17, 15) is 0 Å². The van der Waals surface area contributed by atoms with Gasteiger partial charge in [-0.15, -0.1) is 11.3 Å². The van der Waals surface area contributed by atoms with Crippen LogP contribution in [0.25, 0.3) is 0 Å². The van der Waals surface area contributed by atoms with E-state index in [1.54, 1.807) is 11.3 Å². The molecule has 0 atom stereocenters. The van der Waals surface area contributed by atoms with Crippen LogP contribution in [0.1, 0.15) is 50.3 Å². The Hall–Kier alpha value is -1.88. The van der Waals surface area contributed by atoms with Gasteiger partial charge in [-0.2, -0.15) is 5.10 Å². The maximum atomic E-state index is 5.47. The second-order valence-corrected chi connectivity index (χ2v) is 6.98. The fraction of sp³-hybridized carbons (Fsp3) is 0.474. The molecule has 1 aliphatic rings. The Morgan fingerprint density at radius 1 is 1.21 bits per heavy atom. The summed E-state index contributed by atoms with van der Waals surface area (Å²) in [5.41, 5.74) is 2.18. The van der Waals surface area contributed by atoms with Crippen molar-refractivity contribution in [3.63, 3.8) is 0 Å². The lowest BCUT2D eigenvalue weighted by atomic mass is 9.96. The van der Waals surface area contributed by atoms with Crippen LogP contribution in [0.4, 0.5) is 0 Å². The van der Waals surface area contributed by atoms with Gasteiger partial charge in [-0.25, -0.2) is 4.68 Å². The average molecular weight is 343 g/mol. The summed E-state index contributed by atoms with van der Waals surface area (Å²) in [6.45, 7) is 4.75. The van der Waals surface area contributed by atoms with E-state index in [2.05, 4.69) is 17.4 Å². The number of aryl methyl sites for hydroxylation is 1. The second-order valence-electron chi connectivity index (χ2n) is 6.14. The molecule has 0 aliphatic heterocycles. The first-order chi connectivity index (χ1) is 11.8. The molecule has 24 heavy (non-hydrogen) atoms. The van der Waals surface area contributed by atoms with Crippen LogP contribution in [-0.2, 0) is 0 Å². The molecular weight excluding hydrogens is 318 g/mol. The van der Waals surface area contributed by atoms with Gasteiger partial charge in [0.25, 0.3) is 0 Å². The molecule has 1 heterocycles. The lowest BCUT2D eigenvalue weighted by molar-refractivity contribution is 0.340. The standard InChI is InChI=1S/C19H25N3OS/c1-3-23-18-11-9-16(10-12-18)13-20-22-15(2)14-24-19(22)21-17-7-5-4-6-8-17/h9-14,17H,3-8H2,1-2H3. The minimum Gasteiger partial charge on any atom is -0.494 e. The summed E-state index contributed by atoms with van der Waals surface area (Å²) in [6.07, 6.45) is 8.25. The Balaban J connectivity index is 1.79. The molecule has 0 radical (unpaired) electrons. The lowest BCUT2D eigenvalue weighted by Crippen LogP contribution is -2.19. The molecule has 0 spiro atoms. The number of rotatable bonds is 5. The third-order valence-corrected chi connectivity index (χ3v) is 5.18. The number of thiazole rings is 1. The fourth-order valence-corrected chi connectivity index (χ4v) is 3.80. The minimum atomic E-state index is 0.462. The highest BCUT2D eigenvalue weighted by Crippen LogP contribution is 2.20. The summed E-state index contributed by atoms with van der Waals surface area (Å²) in [5, 5.41) is 6.77. The molecule has 5 heteroatoms. The summed E-state index contributed by atoms with van der Waals surface area (Å²) in [7, 11) is 0. The normalized spacial score (nSPS) is 16.8. The maximum absolute atomic E-state index is 5.47. The molecule has 3 rings (SSSR count). The van der Waals surface area contributed by atoms with Gasteiger partial charge < -0.3 is 4.74 Å². The van der Waals surface area contributed by atoms with E-state index in [4.69, 9.17) is 9.73 Å². The predicted octanol–water partition coefficient (Wildman–Crippen LogP) is 4.37. The highest BCUT2D eigenvalue weighted by molar-refractivity contribution is 7.07. The van der Waals surface area contributed by atoms with Gasteiger partial charge in [0.05, 0.1) is 24.6 Å². The number of ether oxygens (including phenoxy) is 1. The van der Waals surface area contributed by atoms with E-state index in [0.717, 1.165) is 21.8 Å². The van der Waals surface area contributed by atoms with Gasteiger partial charge in [0.2, 0.25) is 4.80 Å².